The van der Waals surface area contributed by atoms with Gasteiger partial charge in [0.15, 0.2) is 5.96 Å². The fourth-order valence-corrected chi connectivity index (χ4v) is 1.99. The molecule has 0 heterocycles. The predicted octanol–water partition coefficient (Wildman–Crippen LogP) is 2.72. The Balaban J connectivity index is 0.00000484. The van der Waals surface area contributed by atoms with Crippen LogP contribution in [0.15, 0.2) is 29.3 Å². The number of ether oxygens (including phenoxy) is 2. The second-order valence-electron chi connectivity index (χ2n) is 5.09. The number of hydrogen-bond acceptors (Lipinski definition) is 3. The Morgan fingerprint density at radius 2 is 1.87 bits per heavy atom. The van der Waals surface area contributed by atoms with Gasteiger partial charge in [0.1, 0.15) is 0 Å². The fourth-order valence-electron chi connectivity index (χ4n) is 1.99. The summed E-state index contributed by atoms with van der Waals surface area (Å²) >= 11 is 0. The third-order valence-electron chi connectivity index (χ3n) is 3.37. The second-order valence-corrected chi connectivity index (χ2v) is 5.09. The molecule has 0 aliphatic rings. The van der Waals surface area contributed by atoms with Gasteiger partial charge in [-0.15, -0.1) is 24.0 Å². The third kappa shape index (κ3) is 10.5. The molecule has 0 saturated carbocycles. The number of hydrogen-bond donors (Lipinski definition) is 2. The van der Waals surface area contributed by atoms with Gasteiger partial charge in [0, 0.05) is 33.9 Å². The topological polar surface area (TPSA) is 54.9 Å². The molecule has 0 bridgehead atoms. The number of guanidine groups is 1. The van der Waals surface area contributed by atoms with Crippen LogP contribution in [0.1, 0.15) is 24.0 Å². The lowest BCUT2D eigenvalue weighted by Gasteiger charge is -2.13. The van der Waals surface area contributed by atoms with Crippen LogP contribution in [0.4, 0.5) is 0 Å². The Bertz CT molecular complexity index is 442. The first-order chi connectivity index (χ1) is 10.8. The van der Waals surface area contributed by atoms with Crippen LogP contribution in [0.3, 0.4) is 0 Å². The van der Waals surface area contributed by atoms with Crippen molar-refractivity contribution in [3.63, 3.8) is 0 Å². The van der Waals surface area contributed by atoms with E-state index in [-0.39, 0.29) is 24.0 Å². The molecular weight excluding hydrogens is 405 g/mol. The highest BCUT2D eigenvalue weighted by atomic mass is 127. The maximum atomic E-state index is 5.43. The van der Waals surface area contributed by atoms with Crippen molar-refractivity contribution < 1.29 is 9.47 Å². The zero-order valence-corrected chi connectivity index (χ0v) is 16.8. The monoisotopic (exact) mass is 435 g/mol. The molecule has 0 radical (unpaired) electrons. The Kier molecular flexibility index (Phi) is 14.2. The van der Waals surface area contributed by atoms with Gasteiger partial charge in [-0.3, -0.25) is 4.99 Å². The van der Waals surface area contributed by atoms with Crippen molar-refractivity contribution >= 4 is 29.9 Å². The van der Waals surface area contributed by atoms with Crippen LogP contribution in [0.25, 0.3) is 0 Å². The lowest BCUT2D eigenvalue weighted by molar-refractivity contribution is 0.0689. The average Bonchev–Trinajstić information content (AvgIpc) is 2.54. The maximum Gasteiger partial charge on any atom is 0.191 e. The molecule has 2 N–H and O–H groups in total. The smallest absolute Gasteiger partial charge is 0.191 e. The molecule has 0 aromatic heterocycles. The Morgan fingerprint density at radius 1 is 1.09 bits per heavy atom. The molecule has 0 unspecified atom stereocenters. The normalized spacial score (nSPS) is 11.0. The molecule has 1 rings (SSSR count). The highest BCUT2D eigenvalue weighted by Crippen LogP contribution is 2.05. The van der Waals surface area contributed by atoms with Gasteiger partial charge in [0.2, 0.25) is 0 Å². The average molecular weight is 435 g/mol. The van der Waals surface area contributed by atoms with Gasteiger partial charge in [-0.25, -0.2) is 0 Å². The predicted molar refractivity (Wildman–Crippen MR) is 107 cm³/mol. The summed E-state index contributed by atoms with van der Waals surface area (Å²) < 4.78 is 10.4. The van der Waals surface area contributed by atoms with Crippen LogP contribution in [-0.2, 0) is 16.0 Å². The first kappa shape index (κ1) is 22.1. The standard InChI is InChI=1S/C17H29N3O2.HI/c1-15-8-4-5-9-16(15)14-20-17(18-2)19-10-6-7-11-22-13-12-21-3;/h4-5,8-9H,6-7,10-14H2,1-3H3,(H2,18,19,20);1H. The first-order valence-electron chi connectivity index (χ1n) is 7.83. The minimum Gasteiger partial charge on any atom is -0.382 e. The number of halogens is 1. The lowest BCUT2D eigenvalue weighted by Crippen LogP contribution is -2.37. The zero-order chi connectivity index (χ0) is 16.0. The van der Waals surface area contributed by atoms with E-state index in [0.29, 0.717) is 13.2 Å². The highest BCUT2D eigenvalue weighted by molar-refractivity contribution is 14.0. The molecule has 0 aliphatic heterocycles. The van der Waals surface area contributed by atoms with E-state index in [1.165, 1.54) is 11.1 Å². The Hall–Kier alpha value is -0.860. The fraction of sp³-hybridized carbons (Fsp3) is 0.588. The lowest BCUT2D eigenvalue weighted by atomic mass is 10.1. The van der Waals surface area contributed by atoms with Crippen molar-refractivity contribution in [2.75, 3.05) is 40.5 Å². The number of aryl methyl sites for hydroxylation is 1. The number of aliphatic imine (C=N–C) groups is 1. The summed E-state index contributed by atoms with van der Waals surface area (Å²) in [7, 11) is 3.48. The summed E-state index contributed by atoms with van der Waals surface area (Å²) in [5.74, 6) is 0.837. The number of benzene rings is 1. The maximum absolute atomic E-state index is 5.43. The molecule has 1 aromatic carbocycles. The van der Waals surface area contributed by atoms with Crippen molar-refractivity contribution in [3.8, 4) is 0 Å². The van der Waals surface area contributed by atoms with Crippen LogP contribution in [0.2, 0.25) is 0 Å². The van der Waals surface area contributed by atoms with E-state index in [2.05, 4.69) is 46.8 Å². The quantitative estimate of drug-likeness (QED) is 0.257. The van der Waals surface area contributed by atoms with Gasteiger partial charge < -0.3 is 20.1 Å². The van der Waals surface area contributed by atoms with E-state index in [9.17, 15) is 0 Å². The number of rotatable bonds is 10. The molecule has 0 fully saturated rings. The van der Waals surface area contributed by atoms with E-state index in [1.54, 1.807) is 14.2 Å². The number of methoxy groups -OCH3 is 1. The Morgan fingerprint density at radius 3 is 2.57 bits per heavy atom. The van der Waals surface area contributed by atoms with E-state index in [0.717, 1.165) is 38.5 Å². The van der Waals surface area contributed by atoms with Crippen molar-refractivity contribution in [2.24, 2.45) is 4.99 Å². The van der Waals surface area contributed by atoms with Crippen LogP contribution in [0.5, 0.6) is 0 Å². The SMILES string of the molecule is CN=C(NCCCCOCCOC)NCc1ccccc1C.I. The van der Waals surface area contributed by atoms with E-state index in [4.69, 9.17) is 9.47 Å². The molecule has 0 aliphatic carbocycles. The number of nitrogens with one attached hydrogen (secondary N) is 2. The summed E-state index contributed by atoms with van der Waals surface area (Å²) in [6, 6.07) is 8.37. The van der Waals surface area contributed by atoms with Crippen molar-refractivity contribution in [1.82, 2.24) is 10.6 Å². The van der Waals surface area contributed by atoms with Crippen molar-refractivity contribution in [2.45, 2.75) is 26.3 Å². The van der Waals surface area contributed by atoms with Gasteiger partial charge in [-0.05, 0) is 30.9 Å². The van der Waals surface area contributed by atoms with Gasteiger partial charge in [0.05, 0.1) is 13.2 Å². The second kappa shape index (κ2) is 14.7. The summed E-state index contributed by atoms with van der Waals surface area (Å²) in [6.45, 7) is 5.90. The van der Waals surface area contributed by atoms with Gasteiger partial charge >= 0.3 is 0 Å². The molecule has 132 valence electrons. The zero-order valence-electron chi connectivity index (χ0n) is 14.4. The summed E-state index contributed by atoms with van der Waals surface area (Å²) in [5, 5.41) is 6.66. The molecule has 5 nitrogen and oxygen atoms in total. The van der Waals surface area contributed by atoms with E-state index >= 15 is 0 Å². The Labute approximate surface area is 157 Å². The summed E-state index contributed by atoms with van der Waals surface area (Å²) in [4.78, 5) is 4.24. The van der Waals surface area contributed by atoms with E-state index < -0.39 is 0 Å². The molecule has 23 heavy (non-hydrogen) atoms. The molecule has 1 aromatic rings. The molecular formula is C17H30IN3O2. The van der Waals surface area contributed by atoms with Crippen molar-refractivity contribution in [3.05, 3.63) is 35.4 Å². The number of nitrogens with zero attached hydrogens (tertiary/aromatic N) is 1. The van der Waals surface area contributed by atoms with Gasteiger partial charge in [-0.1, -0.05) is 24.3 Å². The minimum atomic E-state index is 0. The van der Waals surface area contributed by atoms with Gasteiger partial charge in [0.25, 0.3) is 0 Å². The van der Waals surface area contributed by atoms with Crippen LogP contribution in [0, 0.1) is 6.92 Å². The largest absolute Gasteiger partial charge is 0.382 e. The molecule has 6 heteroatoms. The van der Waals surface area contributed by atoms with Crippen molar-refractivity contribution in [1.29, 1.82) is 0 Å². The summed E-state index contributed by atoms with van der Waals surface area (Å²) in [5.41, 5.74) is 2.58. The van der Waals surface area contributed by atoms with Gasteiger partial charge in [-0.2, -0.15) is 0 Å². The first-order valence-corrected chi connectivity index (χ1v) is 7.83. The van der Waals surface area contributed by atoms with Crippen LogP contribution in [-0.4, -0.2) is 46.5 Å². The minimum absolute atomic E-state index is 0. The number of unbranched alkanes of at least 4 members (excludes halogenated alkanes) is 1. The van der Waals surface area contributed by atoms with Crippen LogP contribution < -0.4 is 10.6 Å². The van der Waals surface area contributed by atoms with E-state index in [1.807, 2.05) is 0 Å². The summed E-state index contributed by atoms with van der Waals surface area (Å²) in [6.07, 6.45) is 2.09. The molecule has 0 atom stereocenters. The molecule has 0 saturated heterocycles. The third-order valence-corrected chi connectivity index (χ3v) is 3.37. The molecule has 0 spiro atoms. The van der Waals surface area contributed by atoms with Crippen LogP contribution >= 0.6 is 24.0 Å². The molecule has 0 amide bonds. The highest BCUT2D eigenvalue weighted by Gasteiger charge is 2.00.